The average Bonchev–Trinajstić information content (AvgIpc) is 3.06. The zero-order chi connectivity index (χ0) is 18.2. The van der Waals surface area contributed by atoms with Crippen molar-refractivity contribution in [2.24, 2.45) is 0 Å². The first-order valence-corrected chi connectivity index (χ1v) is 9.95. The molecule has 0 saturated carbocycles. The molecule has 3 rings (SSSR count). The van der Waals surface area contributed by atoms with Crippen LogP contribution in [0.25, 0.3) is 0 Å². The van der Waals surface area contributed by atoms with Gasteiger partial charge in [0.1, 0.15) is 12.4 Å². The van der Waals surface area contributed by atoms with Crippen LogP contribution in [-0.4, -0.2) is 30.4 Å². The molecule has 1 amide bonds. The van der Waals surface area contributed by atoms with Gasteiger partial charge in [-0.3, -0.25) is 4.79 Å². The highest BCUT2D eigenvalue weighted by molar-refractivity contribution is 9.10. The van der Waals surface area contributed by atoms with Crippen LogP contribution in [-0.2, 0) is 17.9 Å². The minimum absolute atomic E-state index is 0.306. The molecule has 1 aliphatic heterocycles. The van der Waals surface area contributed by atoms with Crippen molar-refractivity contribution in [1.29, 1.82) is 0 Å². The molecule has 0 aromatic heterocycles. The van der Waals surface area contributed by atoms with E-state index in [2.05, 4.69) is 45.5 Å². The van der Waals surface area contributed by atoms with Crippen molar-refractivity contribution >= 4 is 21.8 Å². The summed E-state index contributed by atoms with van der Waals surface area (Å²) in [6, 6.07) is 16.3. The quantitative estimate of drug-likeness (QED) is 0.624. The first-order chi connectivity index (χ1) is 12.7. The highest BCUT2D eigenvalue weighted by atomic mass is 79.9. The van der Waals surface area contributed by atoms with Crippen molar-refractivity contribution in [2.75, 3.05) is 19.6 Å². The molecular formula is C21H25BrN2O2. The summed E-state index contributed by atoms with van der Waals surface area (Å²) in [5, 5.41) is 3.45. The number of carbonyl (C=O) groups is 1. The monoisotopic (exact) mass is 416 g/mol. The highest BCUT2D eigenvalue weighted by Gasteiger charge is 2.18. The van der Waals surface area contributed by atoms with E-state index in [1.165, 1.54) is 5.56 Å². The van der Waals surface area contributed by atoms with E-state index in [1.807, 2.05) is 29.2 Å². The van der Waals surface area contributed by atoms with Gasteiger partial charge in [-0.2, -0.15) is 0 Å². The van der Waals surface area contributed by atoms with Crippen LogP contribution < -0.4 is 10.1 Å². The molecule has 4 nitrogen and oxygen atoms in total. The maximum absolute atomic E-state index is 11.6. The fraction of sp³-hybridized carbons (Fsp3) is 0.381. The number of ether oxygens (including phenoxy) is 1. The number of hydrogen-bond acceptors (Lipinski definition) is 3. The van der Waals surface area contributed by atoms with Gasteiger partial charge in [-0.15, -0.1) is 0 Å². The summed E-state index contributed by atoms with van der Waals surface area (Å²) in [4.78, 5) is 13.5. The van der Waals surface area contributed by atoms with E-state index in [-0.39, 0.29) is 0 Å². The predicted octanol–water partition coefficient (Wildman–Crippen LogP) is 4.13. The molecule has 0 bridgehead atoms. The van der Waals surface area contributed by atoms with Gasteiger partial charge in [-0.25, -0.2) is 0 Å². The summed E-state index contributed by atoms with van der Waals surface area (Å²) in [6.45, 7) is 4.07. The number of nitrogens with one attached hydrogen (secondary N) is 1. The Kier molecular flexibility index (Phi) is 7.09. The zero-order valence-corrected chi connectivity index (χ0v) is 16.5. The molecule has 2 aromatic rings. The van der Waals surface area contributed by atoms with Crippen molar-refractivity contribution in [3.63, 3.8) is 0 Å². The van der Waals surface area contributed by atoms with Gasteiger partial charge in [0.2, 0.25) is 5.91 Å². The second-order valence-corrected chi connectivity index (χ2v) is 7.41. The minimum Gasteiger partial charge on any atom is -0.488 e. The van der Waals surface area contributed by atoms with Crippen LogP contribution in [0.3, 0.4) is 0 Å². The Labute approximate surface area is 163 Å². The lowest BCUT2D eigenvalue weighted by atomic mass is 10.2. The van der Waals surface area contributed by atoms with Gasteiger partial charge < -0.3 is 15.0 Å². The fourth-order valence-corrected chi connectivity index (χ4v) is 3.62. The third kappa shape index (κ3) is 5.58. The van der Waals surface area contributed by atoms with Crippen LogP contribution in [0.1, 0.15) is 30.4 Å². The second kappa shape index (κ2) is 9.74. The van der Waals surface area contributed by atoms with Gasteiger partial charge >= 0.3 is 0 Å². The number of carbonyl (C=O) groups excluding carboxylic acids is 1. The van der Waals surface area contributed by atoms with Gasteiger partial charge in [-0.05, 0) is 58.6 Å². The normalized spacial score (nSPS) is 14.0. The standard InChI is InChI=1S/C21H25BrN2O2/c22-19-14-18(15-23-11-5-13-24-12-4-8-21(24)25)9-10-20(19)26-16-17-6-2-1-3-7-17/h1-3,6-7,9-10,14,23H,4-5,8,11-13,15-16H2. The van der Waals surface area contributed by atoms with Crippen molar-refractivity contribution in [3.8, 4) is 5.75 Å². The summed E-state index contributed by atoms with van der Waals surface area (Å²) in [5.41, 5.74) is 2.36. The average molecular weight is 417 g/mol. The topological polar surface area (TPSA) is 41.6 Å². The van der Waals surface area contributed by atoms with Crippen LogP contribution in [0, 0.1) is 0 Å². The van der Waals surface area contributed by atoms with Crippen molar-refractivity contribution in [1.82, 2.24) is 10.2 Å². The lowest BCUT2D eigenvalue weighted by Crippen LogP contribution is -2.28. The number of nitrogens with zero attached hydrogens (tertiary/aromatic N) is 1. The van der Waals surface area contributed by atoms with E-state index in [9.17, 15) is 4.79 Å². The fourth-order valence-electron chi connectivity index (χ4n) is 3.07. The van der Waals surface area contributed by atoms with E-state index in [4.69, 9.17) is 4.74 Å². The van der Waals surface area contributed by atoms with Gasteiger partial charge in [0.25, 0.3) is 0 Å². The third-order valence-electron chi connectivity index (χ3n) is 4.52. The van der Waals surface area contributed by atoms with E-state index in [0.717, 1.165) is 61.2 Å². The molecule has 0 radical (unpaired) electrons. The molecule has 26 heavy (non-hydrogen) atoms. The van der Waals surface area contributed by atoms with Crippen LogP contribution in [0.2, 0.25) is 0 Å². The summed E-state index contributed by atoms with van der Waals surface area (Å²) in [5.74, 6) is 1.16. The molecule has 5 heteroatoms. The van der Waals surface area contributed by atoms with Crippen LogP contribution in [0.5, 0.6) is 5.75 Å². The van der Waals surface area contributed by atoms with Gasteiger partial charge in [-0.1, -0.05) is 36.4 Å². The Balaban J connectivity index is 1.39. The minimum atomic E-state index is 0.306. The molecule has 0 unspecified atom stereocenters. The number of rotatable bonds is 9. The van der Waals surface area contributed by atoms with E-state index in [1.54, 1.807) is 0 Å². The van der Waals surface area contributed by atoms with E-state index >= 15 is 0 Å². The molecule has 2 aromatic carbocycles. The first kappa shape index (κ1) is 18.9. The number of likely N-dealkylation sites (tertiary alicyclic amines) is 1. The molecule has 1 N–H and O–H groups in total. The summed E-state index contributed by atoms with van der Waals surface area (Å²) in [7, 11) is 0. The molecule has 1 saturated heterocycles. The Morgan fingerprint density at radius 2 is 1.96 bits per heavy atom. The first-order valence-electron chi connectivity index (χ1n) is 9.16. The Bertz CT molecular complexity index is 721. The highest BCUT2D eigenvalue weighted by Crippen LogP contribution is 2.26. The van der Waals surface area contributed by atoms with Crippen molar-refractivity contribution < 1.29 is 9.53 Å². The Morgan fingerprint density at radius 1 is 1.12 bits per heavy atom. The molecule has 0 aliphatic carbocycles. The van der Waals surface area contributed by atoms with Gasteiger partial charge in [0, 0.05) is 26.1 Å². The molecule has 0 spiro atoms. The van der Waals surface area contributed by atoms with Crippen LogP contribution >= 0.6 is 15.9 Å². The lowest BCUT2D eigenvalue weighted by molar-refractivity contribution is -0.127. The number of halogens is 1. The summed E-state index contributed by atoms with van der Waals surface area (Å²) < 4.78 is 6.85. The largest absolute Gasteiger partial charge is 0.488 e. The van der Waals surface area contributed by atoms with E-state index in [0.29, 0.717) is 12.5 Å². The maximum Gasteiger partial charge on any atom is 0.222 e. The van der Waals surface area contributed by atoms with Gasteiger partial charge in [0.15, 0.2) is 0 Å². The zero-order valence-electron chi connectivity index (χ0n) is 14.9. The molecule has 138 valence electrons. The van der Waals surface area contributed by atoms with Crippen molar-refractivity contribution in [2.45, 2.75) is 32.4 Å². The third-order valence-corrected chi connectivity index (χ3v) is 5.14. The number of amides is 1. The van der Waals surface area contributed by atoms with Gasteiger partial charge in [0.05, 0.1) is 4.47 Å². The molecule has 0 atom stereocenters. The number of hydrogen-bond donors (Lipinski definition) is 1. The Hall–Kier alpha value is -1.85. The second-order valence-electron chi connectivity index (χ2n) is 6.55. The van der Waals surface area contributed by atoms with Crippen LogP contribution in [0.15, 0.2) is 53.0 Å². The summed E-state index contributed by atoms with van der Waals surface area (Å²) >= 11 is 3.60. The van der Waals surface area contributed by atoms with Crippen LogP contribution in [0.4, 0.5) is 0 Å². The number of benzene rings is 2. The molecule has 1 fully saturated rings. The SMILES string of the molecule is O=C1CCCN1CCCNCc1ccc(OCc2ccccc2)c(Br)c1. The van der Waals surface area contributed by atoms with Crippen molar-refractivity contribution in [3.05, 3.63) is 64.1 Å². The Morgan fingerprint density at radius 3 is 2.69 bits per heavy atom. The molecule has 1 aliphatic rings. The predicted molar refractivity (Wildman–Crippen MR) is 107 cm³/mol. The summed E-state index contributed by atoms with van der Waals surface area (Å²) in [6.07, 6.45) is 2.73. The smallest absolute Gasteiger partial charge is 0.222 e. The van der Waals surface area contributed by atoms with E-state index < -0.39 is 0 Å². The lowest BCUT2D eigenvalue weighted by Gasteiger charge is -2.15. The molecule has 1 heterocycles. The molecular weight excluding hydrogens is 392 g/mol. The maximum atomic E-state index is 11.6.